The zero-order valence-electron chi connectivity index (χ0n) is 2.48. The molecule has 0 aromatic rings. The molecule has 0 bridgehead atoms. The summed E-state index contributed by atoms with van der Waals surface area (Å²) in [6, 6.07) is 1.79. The van der Waals surface area contributed by atoms with E-state index in [0.29, 0.717) is 0 Å². The van der Waals surface area contributed by atoms with E-state index in [1.807, 2.05) is 0 Å². The number of hydrogen-bond donors (Lipinski definition) is 0. The number of hydrogen-bond acceptors (Lipinski definition) is 1. The van der Waals surface area contributed by atoms with E-state index in [4.69, 9.17) is 5.26 Å². The number of allylic oxidation sites excluding steroid dienone is 1. The Morgan fingerprint density at radius 2 is 2.40 bits per heavy atom. The van der Waals surface area contributed by atoms with Crippen LogP contribution < -0.4 is 0 Å². The zero-order valence-corrected chi connectivity index (χ0v) is 4.07. The molecule has 0 radical (unpaired) electrons. The fourth-order valence-corrected chi connectivity index (χ4v) is 0.146. The van der Waals surface area contributed by atoms with Crippen molar-refractivity contribution in [2.24, 2.45) is 0 Å². The van der Waals surface area contributed by atoms with Gasteiger partial charge >= 0.3 is 0 Å². The van der Waals surface area contributed by atoms with E-state index in [1.165, 1.54) is 11.1 Å². The fraction of sp³-hybridized carbons (Fsp3) is 0. The maximum Gasteiger partial charge on any atom is 0.0917 e. The van der Waals surface area contributed by atoms with Crippen LogP contribution in [0, 0.1) is 11.3 Å². The van der Waals surface area contributed by atoms with Gasteiger partial charge in [0.05, 0.1) is 6.07 Å². The van der Waals surface area contributed by atoms with Crippen LogP contribution in [0.15, 0.2) is 11.1 Å². The topological polar surface area (TPSA) is 23.8 Å². The molecule has 0 aliphatic carbocycles. The molecule has 0 aromatic carbocycles. The highest BCUT2D eigenvalue weighted by atomic mass is 79.9. The maximum atomic E-state index is 7.70. The molecule has 0 atom stereocenters. The van der Waals surface area contributed by atoms with Gasteiger partial charge < -0.3 is 0 Å². The van der Waals surface area contributed by atoms with Crippen LogP contribution in [-0.2, 0) is 0 Å². The minimum Gasteiger partial charge on any atom is -0.193 e. The molecule has 0 aromatic heterocycles. The summed E-state index contributed by atoms with van der Waals surface area (Å²) in [6.45, 7) is 0. The Morgan fingerprint density at radius 1 is 1.80 bits per heavy atom. The summed E-state index contributed by atoms with van der Waals surface area (Å²) >= 11 is 2.91. The lowest BCUT2D eigenvalue weighted by atomic mass is 10.7. The molecule has 0 rings (SSSR count). The van der Waals surface area contributed by atoms with Crippen LogP contribution in [0.4, 0.5) is 0 Å². The van der Waals surface area contributed by atoms with Crippen LogP contribution in [-0.4, -0.2) is 0 Å². The molecule has 0 saturated carbocycles. The van der Waals surface area contributed by atoms with Gasteiger partial charge in [-0.25, -0.2) is 0 Å². The molecule has 5 heavy (non-hydrogen) atoms. The number of halogens is 1. The van der Waals surface area contributed by atoms with Crippen LogP contribution in [0.3, 0.4) is 0 Å². The van der Waals surface area contributed by atoms with Gasteiger partial charge in [-0.3, -0.25) is 0 Å². The molecule has 0 amide bonds. The number of nitriles is 1. The molecular weight excluding hydrogens is 130 g/mol. The third-order valence-electron chi connectivity index (χ3n) is 0.138. The quantitative estimate of drug-likeness (QED) is 0.457. The molecular formula is C3H2BrN. The van der Waals surface area contributed by atoms with E-state index in [9.17, 15) is 0 Å². The van der Waals surface area contributed by atoms with Crippen molar-refractivity contribution < 1.29 is 0 Å². The summed E-state index contributed by atoms with van der Waals surface area (Å²) in [5.41, 5.74) is 0. The van der Waals surface area contributed by atoms with Crippen molar-refractivity contribution in [3.05, 3.63) is 11.1 Å². The van der Waals surface area contributed by atoms with Crippen LogP contribution >= 0.6 is 15.9 Å². The minimum absolute atomic E-state index is 1.35. The first kappa shape index (κ1) is 4.71. The standard InChI is InChI=1S/C3H2BrN/c4-2-1-3-5/h1-2H. The average molecular weight is 132 g/mol. The van der Waals surface area contributed by atoms with Gasteiger partial charge in [-0.05, 0) is 4.99 Å². The predicted octanol–water partition coefficient (Wildman–Crippen LogP) is 1.42. The minimum atomic E-state index is 1.35. The second kappa shape index (κ2) is 3.71. The Labute approximate surface area is 39.0 Å². The lowest BCUT2D eigenvalue weighted by Crippen LogP contribution is -1.30. The summed E-state index contributed by atoms with van der Waals surface area (Å²) in [7, 11) is 0. The highest BCUT2D eigenvalue weighted by molar-refractivity contribution is 9.11. The second-order valence-corrected chi connectivity index (χ2v) is 0.950. The molecule has 0 N–H and O–H groups in total. The van der Waals surface area contributed by atoms with Crippen LogP contribution in [0.5, 0.6) is 0 Å². The Kier molecular flexibility index (Phi) is 3.49. The second-order valence-electron chi connectivity index (χ2n) is 0.422. The predicted molar refractivity (Wildman–Crippen MR) is 23.7 cm³/mol. The largest absolute Gasteiger partial charge is 0.193 e. The molecule has 2 heteroatoms. The van der Waals surface area contributed by atoms with Crippen molar-refractivity contribution in [2.75, 3.05) is 0 Å². The lowest BCUT2D eigenvalue weighted by molar-refractivity contribution is 1.54. The molecule has 1 nitrogen and oxygen atoms in total. The van der Waals surface area contributed by atoms with Crippen molar-refractivity contribution in [1.29, 1.82) is 5.26 Å². The van der Waals surface area contributed by atoms with E-state index in [0.717, 1.165) is 0 Å². The van der Waals surface area contributed by atoms with E-state index in [-0.39, 0.29) is 0 Å². The van der Waals surface area contributed by atoms with Crippen LogP contribution in [0.1, 0.15) is 0 Å². The number of rotatable bonds is 0. The highest BCUT2D eigenvalue weighted by Crippen LogP contribution is 1.76. The first-order valence-corrected chi connectivity index (χ1v) is 1.98. The summed E-state index contributed by atoms with van der Waals surface area (Å²) in [5.74, 6) is 0. The van der Waals surface area contributed by atoms with Crippen LogP contribution in [0.25, 0.3) is 0 Å². The third kappa shape index (κ3) is 3.71. The normalized spacial score (nSPS) is 8.00. The zero-order chi connectivity index (χ0) is 4.12. The smallest absolute Gasteiger partial charge is 0.0917 e. The molecule has 0 aliphatic rings. The first-order chi connectivity index (χ1) is 2.41. The van der Waals surface area contributed by atoms with Gasteiger partial charge in [-0.2, -0.15) is 5.26 Å². The van der Waals surface area contributed by atoms with Gasteiger partial charge in [0, 0.05) is 6.08 Å². The van der Waals surface area contributed by atoms with Gasteiger partial charge in [-0.15, -0.1) is 0 Å². The van der Waals surface area contributed by atoms with Gasteiger partial charge in [-0.1, -0.05) is 15.9 Å². The SMILES string of the molecule is N#CC=CBr. The van der Waals surface area contributed by atoms with Gasteiger partial charge in [0.1, 0.15) is 0 Å². The van der Waals surface area contributed by atoms with Crippen molar-refractivity contribution in [3.8, 4) is 6.07 Å². The van der Waals surface area contributed by atoms with E-state index < -0.39 is 0 Å². The molecule has 0 spiro atoms. The van der Waals surface area contributed by atoms with Gasteiger partial charge in [0.2, 0.25) is 0 Å². The molecule has 0 unspecified atom stereocenters. The molecule has 0 saturated heterocycles. The van der Waals surface area contributed by atoms with E-state index in [2.05, 4.69) is 15.9 Å². The van der Waals surface area contributed by atoms with E-state index in [1.54, 1.807) is 6.07 Å². The van der Waals surface area contributed by atoms with Gasteiger partial charge in [0.25, 0.3) is 0 Å². The summed E-state index contributed by atoms with van der Waals surface area (Å²) in [6.07, 6.45) is 1.35. The Balaban J connectivity index is 3.04. The summed E-state index contributed by atoms with van der Waals surface area (Å²) in [4.78, 5) is 1.51. The van der Waals surface area contributed by atoms with Crippen molar-refractivity contribution in [2.45, 2.75) is 0 Å². The molecule has 0 heterocycles. The Morgan fingerprint density at radius 3 is 2.40 bits per heavy atom. The molecule has 0 fully saturated rings. The summed E-state index contributed by atoms with van der Waals surface area (Å²) in [5, 5.41) is 7.70. The van der Waals surface area contributed by atoms with E-state index >= 15 is 0 Å². The third-order valence-corrected chi connectivity index (χ3v) is 0.402. The lowest BCUT2D eigenvalue weighted by Gasteiger charge is -1.45. The molecule has 26 valence electrons. The van der Waals surface area contributed by atoms with Crippen molar-refractivity contribution in [3.63, 3.8) is 0 Å². The number of nitrogens with zero attached hydrogens (tertiary/aromatic N) is 1. The first-order valence-electron chi connectivity index (χ1n) is 1.06. The molecule has 0 aliphatic heterocycles. The highest BCUT2D eigenvalue weighted by Gasteiger charge is 1.47. The van der Waals surface area contributed by atoms with Crippen molar-refractivity contribution >= 4 is 15.9 Å². The van der Waals surface area contributed by atoms with Gasteiger partial charge in [0.15, 0.2) is 0 Å². The Bertz CT molecular complexity index is 69.5. The van der Waals surface area contributed by atoms with Crippen LogP contribution in [0.2, 0.25) is 0 Å². The fourth-order valence-electron chi connectivity index (χ4n) is 0.0282. The summed E-state index contributed by atoms with van der Waals surface area (Å²) < 4.78 is 0. The average Bonchev–Trinajstić information content (AvgIpc) is 1.41. The maximum absolute atomic E-state index is 7.70. The Hall–Kier alpha value is -0.290. The monoisotopic (exact) mass is 131 g/mol. The van der Waals surface area contributed by atoms with Crippen molar-refractivity contribution in [1.82, 2.24) is 0 Å².